The van der Waals surface area contributed by atoms with E-state index < -0.39 is 11.9 Å². The highest BCUT2D eigenvalue weighted by atomic mass is 16.5. The predicted octanol–water partition coefficient (Wildman–Crippen LogP) is 3.24. The predicted molar refractivity (Wildman–Crippen MR) is 79.3 cm³/mol. The summed E-state index contributed by atoms with van der Waals surface area (Å²) in [5.41, 5.74) is 3.35. The molecule has 0 saturated heterocycles. The molecule has 0 radical (unpaired) electrons. The average molecular weight is 284 g/mol. The van der Waals surface area contributed by atoms with E-state index in [1.54, 1.807) is 24.3 Å². The van der Waals surface area contributed by atoms with Crippen LogP contribution in [-0.4, -0.2) is 26.2 Å². The second kappa shape index (κ2) is 6.22. The van der Waals surface area contributed by atoms with Gasteiger partial charge in [0, 0.05) is 0 Å². The molecule has 0 heterocycles. The van der Waals surface area contributed by atoms with Crippen LogP contribution in [-0.2, 0) is 9.47 Å². The zero-order valence-corrected chi connectivity index (χ0v) is 12.2. The first-order valence-electron chi connectivity index (χ1n) is 6.44. The monoisotopic (exact) mass is 284 g/mol. The van der Waals surface area contributed by atoms with Gasteiger partial charge < -0.3 is 9.47 Å². The Balaban J connectivity index is 2.56. The van der Waals surface area contributed by atoms with Gasteiger partial charge in [0.1, 0.15) is 0 Å². The number of ether oxygens (including phenoxy) is 2. The maximum absolute atomic E-state index is 11.9. The molecule has 108 valence electrons. The normalized spacial score (nSPS) is 10.0. The number of esters is 2. The van der Waals surface area contributed by atoms with Crippen LogP contribution in [0.4, 0.5) is 0 Å². The first kappa shape index (κ1) is 14.8. The summed E-state index contributed by atoms with van der Waals surface area (Å²) in [6.07, 6.45) is 0. The molecule has 0 saturated carbocycles. The van der Waals surface area contributed by atoms with E-state index >= 15 is 0 Å². The molecule has 4 heteroatoms. The fourth-order valence-corrected chi connectivity index (χ4v) is 2.12. The van der Waals surface area contributed by atoms with E-state index in [9.17, 15) is 9.59 Å². The molecule has 0 bridgehead atoms. The lowest BCUT2D eigenvalue weighted by Gasteiger charge is -2.10. The van der Waals surface area contributed by atoms with Gasteiger partial charge in [-0.05, 0) is 36.2 Å². The van der Waals surface area contributed by atoms with Crippen LogP contribution >= 0.6 is 0 Å². The van der Waals surface area contributed by atoms with Gasteiger partial charge in [0.2, 0.25) is 0 Å². The van der Waals surface area contributed by atoms with E-state index in [-0.39, 0.29) is 0 Å². The molecule has 0 atom stereocenters. The minimum absolute atomic E-state index is 0.405. The van der Waals surface area contributed by atoms with E-state index in [4.69, 9.17) is 9.47 Å². The van der Waals surface area contributed by atoms with Gasteiger partial charge in [-0.1, -0.05) is 29.8 Å². The van der Waals surface area contributed by atoms with Crippen molar-refractivity contribution in [1.29, 1.82) is 0 Å². The molecule has 0 spiro atoms. The largest absolute Gasteiger partial charge is 0.465 e. The van der Waals surface area contributed by atoms with Crippen molar-refractivity contribution >= 4 is 11.9 Å². The fourth-order valence-electron chi connectivity index (χ4n) is 2.12. The SMILES string of the molecule is COC(=O)c1cccc(-c2ccc(C)cc2C(=O)OC)c1. The van der Waals surface area contributed by atoms with Crippen molar-refractivity contribution in [2.45, 2.75) is 6.92 Å². The highest BCUT2D eigenvalue weighted by Gasteiger charge is 2.15. The molecule has 0 N–H and O–H groups in total. The summed E-state index contributed by atoms with van der Waals surface area (Å²) < 4.78 is 9.54. The molecule has 0 aliphatic carbocycles. The third-order valence-corrected chi connectivity index (χ3v) is 3.18. The van der Waals surface area contributed by atoms with Crippen molar-refractivity contribution in [3.63, 3.8) is 0 Å². The molecule has 2 aromatic rings. The summed E-state index contributed by atoms with van der Waals surface area (Å²) in [6.45, 7) is 1.90. The molecular formula is C17H16O4. The van der Waals surface area contributed by atoms with Gasteiger partial charge in [0.05, 0.1) is 25.3 Å². The number of rotatable bonds is 3. The zero-order chi connectivity index (χ0) is 15.4. The highest BCUT2D eigenvalue weighted by Crippen LogP contribution is 2.26. The van der Waals surface area contributed by atoms with Crippen molar-refractivity contribution in [1.82, 2.24) is 0 Å². The number of carbonyl (C=O) groups is 2. The first-order chi connectivity index (χ1) is 10.1. The Morgan fingerprint density at radius 3 is 2.29 bits per heavy atom. The lowest BCUT2D eigenvalue weighted by molar-refractivity contribution is 0.0593. The Kier molecular flexibility index (Phi) is 4.38. The zero-order valence-electron chi connectivity index (χ0n) is 12.2. The Hall–Kier alpha value is -2.62. The summed E-state index contributed by atoms with van der Waals surface area (Å²) in [7, 11) is 2.68. The van der Waals surface area contributed by atoms with E-state index in [2.05, 4.69) is 0 Å². The number of hydrogen-bond acceptors (Lipinski definition) is 4. The Bertz CT molecular complexity index is 689. The molecule has 2 rings (SSSR count). The van der Waals surface area contributed by atoms with Crippen molar-refractivity contribution < 1.29 is 19.1 Å². The van der Waals surface area contributed by atoms with Gasteiger partial charge in [-0.3, -0.25) is 0 Å². The minimum Gasteiger partial charge on any atom is -0.465 e. The smallest absolute Gasteiger partial charge is 0.338 e. The number of aryl methyl sites for hydroxylation is 1. The maximum atomic E-state index is 11.9. The maximum Gasteiger partial charge on any atom is 0.338 e. The number of hydrogen-bond donors (Lipinski definition) is 0. The second-order valence-corrected chi connectivity index (χ2v) is 4.61. The van der Waals surface area contributed by atoms with Crippen LogP contribution in [0.5, 0.6) is 0 Å². The topological polar surface area (TPSA) is 52.6 Å². The number of benzene rings is 2. The standard InChI is InChI=1S/C17H16O4/c1-11-7-8-14(15(9-11)17(19)21-3)12-5-4-6-13(10-12)16(18)20-2/h4-10H,1-3H3. The van der Waals surface area contributed by atoms with Gasteiger partial charge in [0.25, 0.3) is 0 Å². The summed E-state index contributed by atoms with van der Waals surface area (Å²) in [5, 5.41) is 0. The van der Waals surface area contributed by atoms with Crippen LogP contribution < -0.4 is 0 Å². The number of methoxy groups -OCH3 is 2. The van der Waals surface area contributed by atoms with E-state index in [0.717, 1.165) is 16.7 Å². The Morgan fingerprint density at radius 2 is 1.62 bits per heavy atom. The molecule has 0 aromatic heterocycles. The quantitative estimate of drug-likeness (QED) is 0.812. The molecule has 0 amide bonds. The van der Waals surface area contributed by atoms with Crippen molar-refractivity contribution in [2.75, 3.05) is 14.2 Å². The summed E-state index contributed by atoms with van der Waals surface area (Å²) >= 11 is 0. The minimum atomic E-state index is -0.413. The second-order valence-electron chi connectivity index (χ2n) is 4.61. The van der Waals surface area contributed by atoms with Gasteiger partial charge in [0.15, 0.2) is 0 Å². The molecule has 0 aliphatic heterocycles. The average Bonchev–Trinajstić information content (AvgIpc) is 2.53. The van der Waals surface area contributed by atoms with Crippen molar-refractivity contribution in [3.8, 4) is 11.1 Å². The van der Waals surface area contributed by atoms with Crippen LogP contribution in [0.1, 0.15) is 26.3 Å². The van der Waals surface area contributed by atoms with Gasteiger partial charge in [-0.25, -0.2) is 9.59 Å². The summed E-state index contributed by atoms with van der Waals surface area (Å²) in [4.78, 5) is 23.5. The lowest BCUT2D eigenvalue weighted by atomic mass is 9.96. The fraction of sp³-hybridized carbons (Fsp3) is 0.176. The molecule has 0 unspecified atom stereocenters. The third kappa shape index (κ3) is 3.11. The molecular weight excluding hydrogens is 268 g/mol. The lowest BCUT2D eigenvalue weighted by Crippen LogP contribution is -2.05. The van der Waals surface area contributed by atoms with Crippen LogP contribution in [0.25, 0.3) is 11.1 Å². The van der Waals surface area contributed by atoms with E-state index in [1.807, 2.05) is 25.1 Å². The summed E-state index contributed by atoms with van der Waals surface area (Å²) in [6, 6.07) is 12.5. The van der Waals surface area contributed by atoms with Gasteiger partial charge >= 0.3 is 11.9 Å². The summed E-state index contributed by atoms with van der Waals surface area (Å²) in [5.74, 6) is -0.819. The van der Waals surface area contributed by atoms with Gasteiger partial charge in [-0.15, -0.1) is 0 Å². The third-order valence-electron chi connectivity index (χ3n) is 3.18. The Labute approximate surface area is 123 Å². The van der Waals surface area contributed by atoms with Gasteiger partial charge in [-0.2, -0.15) is 0 Å². The molecule has 2 aromatic carbocycles. The molecule has 4 nitrogen and oxygen atoms in total. The highest BCUT2D eigenvalue weighted by molar-refractivity contribution is 5.98. The molecule has 0 aliphatic rings. The van der Waals surface area contributed by atoms with E-state index in [1.165, 1.54) is 14.2 Å². The molecule has 21 heavy (non-hydrogen) atoms. The van der Waals surface area contributed by atoms with Crippen molar-refractivity contribution in [3.05, 3.63) is 59.2 Å². The first-order valence-corrected chi connectivity index (χ1v) is 6.44. The van der Waals surface area contributed by atoms with Crippen LogP contribution in [0.15, 0.2) is 42.5 Å². The van der Waals surface area contributed by atoms with Crippen LogP contribution in [0.2, 0.25) is 0 Å². The number of carbonyl (C=O) groups excluding carboxylic acids is 2. The Morgan fingerprint density at radius 1 is 0.905 bits per heavy atom. The van der Waals surface area contributed by atoms with Crippen molar-refractivity contribution in [2.24, 2.45) is 0 Å². The van der Waals surface area contributed by atoms with E-state index in [0.29, 0.717) is 11.1 Å². The van der Waals surface area contributed by atoms with Crippen LogP contribution in [0, 0.1) is 6.92 Å². The molecule has 0 fully saturated rings. The van der Waals surface area contributed by atoms with Crippen LogP contribution in [0.3, 0.4) is 0 Å².